The van der Waals surface area contributed by atoms with Crippen LogP contribution in [0.5, 0.6) is 5.75 Å². The first-order valence-corrected chi connectivity index (χ1v) is 20.5. The Hall–Kier alpha value is -2.19. The highest BCUT2D eigenvalue weighted by molar-refractivity contribution is 8.17. The van der Waals surface area contributed by atoms with E-state index in [0.29, 0.717) is 11.2 Å². The fourth-order valence-electron chi connectivity index (χ4n) is 6.12. The van der Waals surface area contributed by atoms with Gasteiger partial charge in [0.2, 0.25) is 0 Å². The van der Waals surface area contributed by atoms with Crippen LogP contribution >= 0.6 is 23.5 Å². The Morgan fingerprint density at radius 2 is 1.47 bits per heavy atom. The molecule has 1 saturated heterocycles. The van der Waals surface area contributed by atoms with E-state index in [2.05, 4.69) is 113 Å². The summed E-state index contributed by atoms with van der Waals surface area (Å²) in [6.45, 7) is 11.8. The summed E-state index contributed by atoms with van der Waals surface area (Å²) < 4.78 is 19.5. The minimum absolute atomic E-state index is 0.0316. The van der Waals surface area contributed by atoms with E-state index in [0.717, 1.165) is 31.0 Å². The molecule has 0 N–H and O–H groups in total. The third kappa shape index (κ3) is 10.1. The lowest BCUT2D eigenvalue weighted by molar-refractivity contribution is -0.141. The molecule has 0 aliphatic carbocycles. The van der Waals surface area contributed by atoms with Gasteiger partial charge in [-0.2, -0.15) is 0 Å². The smallest absolute Gasteiger partial charge is 0.302 e. The molecule has 3 aromatic rings. The van der Waals surface area contributed by atoms with Crippen LogP contribution in [0.15, 0.2) is 84.9 Å². The number of carbonyl (C=O) groups excluding carboxylic acids is 1. The molecular formula is C38H52O4S2Si. The largest absolute Gasteiger partial charge is 0.494 e. The molecule has 0 radical (unpaired) electrons. The van der Waals surface area contributed by atoms with Gasteiger partial charge in [-0.15, -0.1) is 23.5 Å². The van der Waals surface area contributed by atoms with Crippen molar-refractivity contribution >= 4 is 48.2 Å². The van der Waals surface area contributed by atoms with Gasteiger partial charge in [-0.05, 0) is 45.9 Å². The summed E-state index contributed by atoms with van der Waals surface area (Å²) in [5, 5.41) is 2.51. The molecule has 0 spiro atoms. The van der Waals surface area contributed by atoms with E-state index in [1.807, 2.05) is 23.5 Å². The molecule has 0 amide bonds. The van der Waals surface area contributed by atoms with Crippen molar-refractivity contribution in [1.29, 1.82) is 0 Å². The second-order valence-corrected chi connectivity index (χ2v) is 20.2. The maximum absolute atomic E-state index is 11.9. The summed E-state index contributed by atoms with van der Waals surface area (Å²) in [5.41, 5.74) is 1.29. The average molecular weight is 665 g/mol. The molecule has 4 rings (SSSR count). The van der Waals surface area contributed by atoms with Gasteiger partial charge in [0.25, 0.3) is 8.32 Å². The van der Waals surface area contributed by atoms with Gasteiger partial charge in [-0.25, -0.2) is 0 Å². The highest BCUT2D eigenvalue weighted by Crippen LogP contribution is 2.46. The van der Waals surface area contributed by atoms with E-state index in [9.17, 15) is 4.79 Å². The maximum atomic E-state index is 11.9. The molecular weight excluding hydrogens is 613 g/mol. The van der Waals surface area contributed by atoms with Crippen molar-refractivity contribution in [2.75, 3.05) is 13.2 Å². The summed E-state index contributed by atoms with van der Waals surface area (Å²) in [7, 11) is -2.74. The first-order chi connectivity index (χ1) is 21.7. The Morgan fingerprint density at radius 3 is 2.04 bits per heavy atom. The lowest BCUT2D eigenvalue weighted by atomic mass is 10.1. The minimum atomic E-state index is -2.74. The van der Waals surface area contributed by atoms with Gasteiger partial charge in [0, 0.05) is 12.7 Å². The van der Waals surface area contributed by atoms with Gasteiger partial charge in [0.1, 0.15) is 12.4 Å². The zero-order valence-electron chi connectivity index (χ0n) is 27.8. The number of unbranched alkanes of at least 4 members (excludes halogenated alkanes) is 5. The zero-order valence-corrected chi connectivity index (χ0v) is 30.5. The van der Waals surface area contributed by atoms with Gasteiger partial charge in [0.15, 0.2) is 0 Å². The monoisotopic (exact) mass is 664 g/mol. The summed E-state index contributed by atoms with van der Waals surface area (Å²) in [5.74, 6) is 1.63. The van der Waals surface area contributed by atoms with E-state index in [1.54, 1.807) is 0 Å². The number of hydrogen-bond acceptors (Lipinski definition) is 6. The normalized spacial score (nSPS) is 18.6. The fraction of sp³-hybridized carbons (Fsp3) is 0.500. The van der Waals surface area contributed by atoms with Gasteiger partial charge in [-0.1, -0.05) is 133 Å². The maximum Gasteiger partial charge on any atom is 0.302 e. The van der Waals surface area contributed by atoms with Crippen LogP contribution in [0.2, 0.25) is 5.04 Å². The Balaban J connectivity index is 1.44. The van der Waals surface area contributed by atoms with E-state index < -0.39 is 8.32 Å². The first kappa shape index (κ1) is 35.7. The average Bonchev–Trinajstić information content (AvgIpc) is 3.43. The quantitative estimate of drug-likeness (QED) is 0.0816. The van der Waals surface area contributed by atoms with Crippen LogP contribution in [0.4, 0.5) is 0 Å². The van der Waals surface area contributed by atoms with Crippen LogP contribution in [-0.2, 0) is 19.7 Å². The predicted octanol–water partition coefficient (Wildman–Crippen LogP) is 9.00. The van der Waals surface area contributed by atoms with E-state index in [-0.39, 0.29) is 22.4 Å². The standard InChI is InChI=1S/C38H52O4S2Si/c1-6-7-8-9-10-17-26-40-32-24-22-31(23-25-32)29-43-37-27-35(36(44-37)28-41-30(2)39)42-45(38(3,4)5,33-18-13-11-14-19-33)34-20-15-12-16-21-34/h11-16,18-25,35-37H,6-10,17,26-29H2,1-5H3/t35-,36+,37?/m0/s1. The van der Waals surface area contributed by atoms with Crippen LogP contribution in [0.25, 0.3) is 0 Å². The molecule has 7 heteroatoms. The Morgan fingerprint density at radius 1 is 0.867 bits per heavy atom. The molecule has 1 unspecified atom stereocenters. The summed E-state index contributed by atoms with van der Waals surface area (Å²) in [4.78, 5) is 11.9. The number of ether oxygens (including phenoxy) is 2. The number of carbonyl (C=O) groups is 1. The third-order valence-electron chi connectivity index (χ3n) is 8.49. The molecule has 1 heterocycles. The number of benzene rings is 3. The molecule has 0 bridgehead atoms. The van der Waals surface area contributed by atoms with E-state index in [4.69, 9.17) is 13.9 Å². The number of esters is 1. The van der Waals surface area contributed by atoms with Crippen molar-refractivity contribution in [1.82, 2.24) is 0 Å². The van der Waals surface area contributed by atoms with Crippen LogP contribution in [-0.4, -0.2) is 43.4 Å². The van der Waals surface area contributed by atoms with Crippen LogP contribution in [0.3, 0.4) is 0 Å². The Bertz CT molecular complexity index is 1240. The number of rotatable bonds is 17. The first-order valence-electron chi connectivity index (χ1n) is 16.6. The highest BCUT2D eigenvalue weighted by atomic mass is 32.2. The van der Waals surface area contributed by atoms with Crippen molar-refractivity contribution in [3.05, 3.63) is 90.5 Å². The van der Waals surface area contributed by atoms with E-state index >= 15 is 0 Å². The van der Waals surface area contributed by atoms with Gasteiger partial charge < -0.3 is 13.9 Å². The van der Waals surface area contributed by atoms with Gasteiger partial charge in [0.05, 0.1) is 22.5 Å². The zero-order chi connectivity index (χ0) is 32.1. The lowest BCUT2D eigenvalue weighted by Gasteiger charge is -2.45. The topological polar surface area (TPSA) is 44.8 Å². The van der Waals surface area contributed by atoms with E-state index in [1.165, 1.54) is 55.0 Å². The number of thioether (sulfide) groups is 2. The SMILES string of the molecule is CCCCCCCCOc1ccc(CSC2C[C@H](O[Si](c3ccccc3)(c3ccccc3)C(C)(C)C)[C@@H](COC(C)=O)S2)cc1. The third-order valence-corrected chi connectivity index (χ3v) is 16.6. The lowest BCUT2D eigenvalue weighted by Crippen LogP contribution is -2.68. The van der Waals surface area contributed by atoms with Gasteiger partial charge in [-0.3, -0.25) is 4.79 Å². The molecule has 0 saturated carbocycles. The van der Waals surface area contributed by atoms with Crippen molar-refractivity contribution in [2.45, 2.75) is 106 Å². The van der Waals surface area contributed by atoms with Crippen LogP contribution in [0.1, 0.15) is 85.1 Å². The molecule has 45 heavy (non-hydrogen) atoms. The molecule has 1 aliphatic rings. The summed E-state index contributed by atoms with van der Waals surface area (Å²) in [6, 6.07) is 30.2. The highest BCUT2D eigenvalue weighted by Gasteiger charge is 2.53. The van der Waals surface area contributed by atoms with Crippen molar-refractivity contribution in [3.63, 3.8) is 0 Å². The molecule has 0 aromatic heterocycles. The second-order valence-electron chi connectivity index (χ2n) is 13.0. The molecule has 244 valence electrons. The Kier molecular flexibility index (Phi) is 14.0. The molecule has 1 aliphatic heterocycles. The second kappa shape index (κ2) is 17.6. The number of hydrogen-bond donors (Lipinski definition) is 0. The summed E-state index contributed by atoms with van der Waals surface area (Å²) >= 11 is 3.86. The van der Waals surface area contributed by atoms with Crippen LogP contribution < -0.4 is 15.1 Å². The van der Waals surface area contributed by atoms with Crippen LogP contribution in [0, 0.1) is 0 Å². The molecule has 4 nitrogen and oxygen atoms in total. The minimum Gasteiger partial charge on any atom is -0.494 e. The Labute approximate surface area is 281 Å². The predicted molar refractivity (Wildman–Crippen MR) is 196 cm³/mol. The van der Waals surface area contributed by atoms with Gasteiger partial charge >= 0.3 is 5.97 Å². The van der Waals surface area contributed by atoms with Crippen molar-refractivity contribution in [3.8, 4) is 5.75 Å². The van der Waals surface area contributed by atoms with Crippen molar-refractivity contribution in [2.24, 2.45) is 0 Å². The molecule has 3 aromatic carbocycles. The molecule has 1 fully saturated rings. The molecule has 3 atom stereocenters. The summed E-state index contributed by atoms with van der Waals surface area (Å²) in [6.07, 6.45) is 8.49. The van der Waals surface area contributed by atoms with Crippen molar-refractivity contribution < 1.29 is 18.7 Å². The fourth-order valence-corrected chi connectivity index (χ4v) is 14.0.